The molecule has 0 aromatic rings. The van der Waals surface area contributed by atoms with Gasteiger partial charge in [0.1, 0.15) is 0 Å². The third-order valence-electron chi connectivity index (χ3n) is 3.61. The Hall–Kier alpha value is -0.280. The van der Waals surface area contributed by atoms with Crippen molar-refractivity contribution in [2.24, 2.45) is 5.73 Å². The van der Waals surface area contributed by atoms with E-state index in [0.717, 1.165) is 25.7 Å². The van der Waals surface area contributed by atoms with E-state index in [1.807, 2.05) is 0 Å². The van der Waals surface area contributed by atoms with Crippen molar-refractivity contribution < 1.29 is 13.2 Å². The molecule has 1 saturated carbocycles. The molecule has 0 aromatic carbocycles. The highest BCUT2D eigenvalue weighted by atomic mass is 32.2. The predicted molar refractivity (Wildman–Crippen MR) is 83.8 cm³/mol. The summed E-state index contributed by atoms with van der Waals surface area (Å²) >= 11 is 5.13. The van der Waals surface area contributed by atoms with Gasteiger partial charge >= 0.3 is 0 Å². The molecule has 0 aliphatic heterocycles. The molecule has 1 aliphatic carbocycles. The summed E-state index contributed by atoms with van der Waals surface area (Å²) < 4.78 is 34.1. The molecule has 0 spiro atoms. The Labute approximate surface area is 127 Å². The first kappa shape index (κ1) is 17.8. The van der Waals surface area contributed by atoms with E-state index < -0.39 is 15.7 Å². The molecule has 0 saturated heterocycles. The van der Waals surface area contributed by atoms with Crippen LogP contribution in [0.1, 0.15) is 44.9 Å². The van der Waals surface area contributed by atoms with Crippen molar-refractivity contribution in [3.63, 3.8) is 0 Å². The van der Waals surface area contributed by atoms with Gasteiger partial charge in [0.15, 0.2) is 0 Å². The Kier molecular flexibility index (Phi) is 7.32. The number of methoxy groups -OCH3 is 1. The molecule has 0 heterocycles. The molecule has 1 aliphatic rings. The van der Waals surface area contributed by atoms with Crippen LogP contribution in [0, 0.1) is 0 Å². The van der Waals surface area contributed by atoms with E-state index >= 15 is 0 Å². The summed E-state index contributed by atoms with van der Waals surface area (Å²) in [6.45, 7) is 0.542. The fourth-order valence-electron chi connectivity index (χ4n) is 2.48. The molecular formula is C12H25N3O3S2. The average Bonchev–Trinajstić information content (AvgIpc) is 2.32. The van der Waals surface area contributed by atoms with E-state index in [2.05, 4.69) is 9.44 Å². The molecule has 0 bridgehead atoms. The van der Waals surface area contributed by atoms with Crippen LogP contribution in [0.25, 0.3) is 0 Å². The van der Waals surface area contributed by atoms with Crippen LogP contribution in [0.5, 0.6) is 0 Å². The maximum atomic E-state index is 12.1. The number of nitrogens with one attached hydrogen (secondary N) is 2. The van der Waals surface area contributed by atoms with Gasteiger partial charge in [0.05, 0.1) is 17.1 Å². The van der Waals surface area contributed by atoms with Crippen LogP contribution in [0.15, 0.2) is 0 Å². The molecule has 8 heteroatoms. The maximum Gasteiger partial charge on any atom is 0.277 e. The zero-order chi connectivity index (χ0) is 15.1. The second kappa shape index (κ2) is 8.23. The molecule has 0 amide bonds. The maximum absolute atomic E-state index is 12.1. The largest absolute Gasteiger partial charge is 0.392 e. The smallest absolute Gasteiger partial charge is 0.277 e. The fourth-order valence-corrected chi connectivity index (χ4v) is 4.05. The van der Waals surface area contributed by atoms with E-state index in [-0.39, 0.29) is 11.5 Å². The van der Waals surface area contributed by atoms with E-state index in [4.69, 9.17) is 22.7 Å². The van der Waals surface area contributed by atoms with Gasteiger partial charge in [-0.15, -0.1) is 0 Å². The van der Waals surface area contributed by atoms with Gasteiger partial charge in [-0.1, -0.05) is 44.3 Å². The van der Waals surface area contributed by atoms with E-state index in [1.54, 1.807) is 0 Å². The minimum Gasteiger partial charge on any atom is -0.392 e. The lowest BCUT2D eigenvalue weighted by atomic mass is 9.85. The van der Waals surface area contributed by atoms with E-state index in [0.29, 0.717) is 19.4 Å². The van der Waals surface area contributed by atoms with E-state index in [1.165, 1.54) is 13.5 Å². The summed E-state index contributed by atoms with van der Waals surface area (Å²) in [4.78, 5) is 0.233. The van der Waals surface area contributed by atoms with Gasteiger partial charge in [0, 0.05) is 13.7 Å². The van der Waals surface area contributed by atoms with Gasteiger partial charge in [-0.3, -0.25) is 0 Å². The highest BCUT2D eigenvalue weighted by molar-refractivity contribution is 7.87. The van der Waals surface area contributed by atoms with Crippen LogP contribution >= 0.6 is 12.2 Å². The Bertz CT molecular complexity index is 404. The second-order valence-electron chi connectivity index (χ2n) is 5.21. The van der Waals surface area contributed by atoms with Gasteiger partial charge in [-0.2, -0.15) is 17.9 Å². The highest BCUT2D eigenvalue weighted by Crippen LogP contribution is 2.27. The summed E-state index contributed by atoms with van der Waals surface area (Å²) in [5.41, 5.74) is 5.04. The topological polar surface area (TPSA) is 93.4 Å². The van der Waals surface area contributed by atoms with Gasteiger partial charge in [-0.25, -0.2) is 0 Å². The summed E-state index contributed by atoms with van der Waals surface area (Å²) in [5, 5.41) is 0. The number of hydrogen-bond acceptors (Lipinski definition) is 4. The van der Waals surface area contributed by atoms with Crippen LogP contribution in [-0.4, -0.2) is 39.2 Å². The van der Waals surface area contributed by atoms with Crippen molar-refractivity contribution in [3.8, 4) is 0 Å². The summed E-state index contributed by atoms with van der Waals surface area (Å²) in [6, 6.07) is 0. The summed E-state index contributed by atoms with van der Waals surface area (Å²) in [6.07, 6.45) is 6.54. The zero-order valence-corrected chi connectivity index (χ0v) is 13.6. The number of hydrogen-bond donors (Lipinski definition) is 3. The Balaban J connectivity index is 2.76. The Morgan fingerprint density at radius 3 is 2.30 bits per heavy atom. The second-order valence-corrected chi connectivity index (χ2v) is 7.15. The molecule has 1 fully saturated rings. The highest BCUT2D eigenvalue weighted by Gasteiger charge is 2.37. The molecule has 4 N–H and O–H groups in total. The van der Waals surface area contributed by atoms with Gasteiger partial charge in [-0.05, 0) is 12.8 Å². The van der Waals surface area contributed by atoms with Gasteiger partial charge in [0.2, 0.25) is 0 Å². The van der Waals surface area contributed by atoms with Crippen LogP contribution in [0.2, 0.25) is 0 Å². The third kappa shape index (κ3) is 5.61. The van der Waals surface area contributed by atoms with Crippen molar-refractivity contribution in [3.05, 3.63) is 0 Å². The SMILES string of the molecule is COCCNS(=O)(=O)NC1(C(N)=S)CCCCCCC1. The van der Waals surface area contributed by atoms with Crippen LogP contribution in [0.4, 0.5) is 0 Å². The molecule has 0 radical (unpaired) electrons. The first-order chi connectivity index (χ1) is 9.42. The average molecular weight is 323 g/mol. The molecule has 1 rings (SSSR count). The Morgan fingerprint density at radius 1 is 1.25 bits per heavy atom. The minimum atomic E-state index is -3.63. The summed E-state index contributed by atoms with van der Waals surface area (Å²) in [7, 11) is -2.11. The van der Waals surface area contributed by atoms with Crippen molar-refractivity contribution in [2.45, 2.75) is 50.5 Å². The standard InChI is InChI=1S/C12H25N3O3S2/c1-18-10-9-14-20(16,17)15-12(11(13)19)7-5-3-2-4-6-8-12/h14-15H,2-10H2,1H3,(H2,13,19). The predicted octanol–water partition coefficient (Wildman–Crippen LogP) is 0.826. The van der Waals surface area contributed by atoms with Gasteiger partial charge < -0.3 is 10.5 Å². The third-order valence-corrected chi connectivity index (χ3v) is 5.24. The first-order valence-corrected chi connectivity index (χ1v) is 8.88. The molecule has 0 aromatic heterocycles. The van der Waals surface area contributed by atoms with Crippen molar-refractivity contribution in [1.82, 2.24) is 9.44 Å². The van der Waals surface area contributed by atoms with Crippen LogP contribution in [0.3, 0.4) is 0 Å². The number of ether oxygens (including phenoxy) is 1. The molecule has 0 unspecified atom stereocenters. The lowest BCUT2D eigenvalue weighted by molar-refractivity contribution is 0.204. The van der Waals surface area contributed by atoms with Crippen molar-refractivity contribution in [2.75, 3.05) is 20.3 Å². The Morgan fingerprint density at radius 2 is 1.80 bits per heavy atom. The number of thiocarbonyl (C=S) groups is 1. The van der Waals surface area contributed by atoms with Crippen LogP contribution in [-0.2, 0) is 14.9 Å². The quantitative estimate of drug-likeness (QED) is 0.476. The minimum absolute atomic E-state index is 0.221. The molecule has 6 nitrogen and oxygen atoms in total. The molecule has 20 heavy (non-hydrogen) atoms. The van der Waals surface area contributed by atoms with Crippen molar-refractivity contribution in [1.29, 1.82) is 0 Å². The molecule has 118 valence electrons. The number of nitrogens with two attached hydrogens (primary N) is 1. The normalized spacial score (nSPS) is 20.1. The van der Waals surface area contributed by atoms with Crippen LogP contribution < -0.4 is 15.2 Å². The zero-order valence-electron chi connectivity index (χ0n) is 12.0. The van der Waals surface area contributed by atoms with E-state index in [9.17, 15) is 8.42 Å². The lowest BCUT2D eigenvalue weighted by Crippen LogP contribution is -2.59. The fraction of sp³-hybridized carbons (Fsp3) is 0.917. The monoisotopic (exact) mass is 323 g/mol. The van der Waals surface area contributed by atoms with Gasteiger partial charge in [0.25, 0.3) is 10.2 Å². The summed E-state index contributed by atoms with van der Waals surface area (Å²) in [5.74, 6) is 0. The number of rotatable bonds is 7. The lowest BCUT2D eigenvalue weighted by Gasteiger charge is -2.35. The molecule has 0 atom stereocenters. The first-order valence-electron chi connectivity index (χ1n) is 6.99. The molecular weight excluding hydrogens is 298 g/mol. The van der Waals surface area contributed by atoms with Crippen molar-refractivity contribution >= 4 is 27.4 Å².